The number of hydrogen-bond donors (Lipinski definition) is 4. The summed E-state index contributed by atoms with van der Waals surface area (Å²) in [5, 5.41) is 44.9. The summed E-state index contributed by atoms with van der Waals surface area (Å²) in [7, 11) is 0. The van der Waals surface area contributed by atoms with E-state index in [0.29, 0.717) is 12.3 Å². The zero-order valence-electron chi connectivity index (χ0n) is 23.1. The first-order chi connectivity index (χ1) is 16.0. The first-order valence-corrected chi connectivity index (χ1v) is 14.4. The number of hydrogen-bond acceptors (Lipinski definition) is 5. The minimum atomic E-state index is -0.624. The average molecular weight is 491 g/mol. The molecule has 35 heavy (non-hydrogen) atoms. The number of ether oxygens (including phenoxy) is 1. The summed E-state index contributed by atoms with van der Waals surface area (Å²) in [5.41, 5.74) is -1.15. The Morgan fingerprint density at radius 2 is 1.31 bits per heavy atom. The molecule has 6 rings (SSSR count). The smallest absolute Gasteiger partial charge is 0.0891 e. The minimum Gasteiger partial charge on any atom is -0.393 e. The maximum atomic E-state index is 11.8. The van der Waals surface area contributed by atoms with Crippen molar-refractivity contribution in [2.24, 2.45) is 44.8 Å². The maximum Gasteiger partial charge on any atom is 0.0891 e. The number of fused-ring (bicyclic) bond motifs is 2. The van der Waals surface area contributed by atoms with E-state index < -0.39 is 29.5 Å². The summed E-state index contributed by atoms with van der Waals surface area (Å²) in [6.07, 6.45) is 6.65. The average Bonchev–Trinajstić information content (AvgIpc) is 3.32. The molecule has 2 spiro atoms. The van der Waals surface area contributed by atoms with Crippen LogP contribution in [0.25, 0.3) is 0 Å². The van der Waals surface area contributed by atoms with Gasteiger partial charge in [-0.25, -0.2) is 0 Å². The van der Waals surface area contributed by atoms with Crippen LogP contribution in [0.2, 0.25) is 0 Å². The Labute approximate surface area is 212 Å². The third-order valence-corrected chi connectivity index (χ3v) is 13.9. The monoisotopic (exact) mass is 490 g/mol. The second-order valence-electron chi connectivity index (χ2n) is 15.9. The molecule has 1 saturated heterocycles. The second kappa shape index (κ2) is 6.86. The van der Waals surface area contributed by atoms with Gasteiger partial charge < -0.3 is 25.2 Å². The van der Waals surface area contributed by atoms with Crippen LogP contribution >= 0.6 is 0 Å². The van der Waals surface area contributed by atoms with Crippen LogP contribution in [0.4, 0.5) is 0 Å². The number of rotatable bonds is 1. The van der Waals surface area contributed by atoms with Crippen molar-refractivity contribution in [3.63, 3.8) is 0 Å². The van der Waals surface area contributed by atoms with Gasteiger partial charge in [-0.15, -0.1) is 0 Å². The lowest BCUT2D eigenvalue weighted by atomic mass is 9.41. The van der Waals surface area contributed by atoms with Gasteiger partial charge in [0, 0.05) is 5.92 Å². The van der Waals surface area contributed by atoms with Gasteiger partial charge in [0.1, 0.15) is 0 Å². The fourth-order valence-corrected chi connectivity index (χ4v) is 12.3. The van der Waals surface area contributed by atoms with E-state index in [0.717, 1.165) is 44.9 Å². The molecule has 12 unspecified atom stereocenters. The van der Waals surface area contributed by atoms with Crippen molar-refractivity contribution in [3.8, 4) is 0 Å². The normalized spacial score (nSPS) is 62.3. The highest BCUT2D eigenvalue weighted by Gasteiger charge is 2.84. The van der Waals surface area contributed by atoms with Crippen LogP contribution in [0.1, 0.15) is 106 Å². The van der Waals surface area contributed by atoms with E-state index in [-0.39, 0.29) is 45.0 Å². The fraction of sp³-hybridized carbons (Fsp3) is 1.00. The maximum absolute atomic E-state index is 11.8. The van der Waals surface area contributed by atoms with E-state index in [9.17, 15) is 20.4 Å². The Balaban J connectivity index is 1.39. The summed E-state index contributed by atoms with van der Waals surface area (Å²) in [6.45, 7) is 15.4. The molecule has 200 valence electrons. The highest BCUT2D eigenvalue weighted by Crippen LogP contribution is 2.89. The molecule has 0 aromatic heterocycles. The highest BCUT2D eigenvalue weighted by molar-refractivity contribution is 5.33. The summed E-state index contributed by atoms with van der Waals surface area (Å²) in [4.78, 5) is 0. The SMILES string of the molecule is CC1(C)OC(C)(C2C(O)CC3(C)C4CC(O)C5C(C)(C)C(O)CCC56CC46CCC23C)CCC1O. The molecule has 4 N–H and O–H groups in total. The van der Waals surface area contributed by atoms with Gasteiger partial charge in [0.15, 0.2) is 0 Å². The van der Waals surface area contributed by atoms with Crippen LogP contribution in [0.15, 0.2) is 0 Å². The standard InChI is InChI=1S/C30H50O5/c1-24(2)20(33)9-11-30-16-29(30)13-12-26(5)23(28(7)10-8-21(34)25(3,4)35-28)18(32)15-27(26,6)19(29)14-17(31)22(24)30/h17-23,31-34H,8-16H2,1-7H3. The molecule has 5 aliphatic carbocycles. The molecule has 5 heteroatoms. The lowest BCUT2D eigenvalue weighted by molar-refractivity contribution is -0.264. The van der Waals surface area contributed by atoms with Crippen LogP contribution in [-0.2, 0) is 4.74 Å². The Hall–Kier alpha value is -0.200. The molecular weight excluding hydrogens is 440 g/mol. The van der Waals surface area contributed by atoms with Gasteiger partial charge in [-0.1, -0.05) is 27.7 Å². The first-order valence-electron chi connectivity index (χ1n) is 14.4. The van der Waals surface area contributed by atoms with E-state index in [2.05, 4.69) is 34.6 Å². The molecule has 12 atom stereocenters. The third-order valence-electron chi connectivity index (χ3n) is 13.9. The molecule has 0 aromatic carbocycles. The molecule has 6 fully saturated rings. The zero-order chi connectivity index (χ0) is 25.6. The first kappa shape index (κ1) is 25.1. The molecule has 1 aliphatic heterocycles. The van der Waals surface area contributed by atoms with Gasteiger partial charge in [0.05, 0.1) is 35.6 Å². The van der Waals surface area contributed by atoms with Gasteiger partial charge in [0.25, 0.3) is 0 Å². The van der Waals surface area contributed by atoms with Crippen molar-refractivity contribution in [3.05, 3.63) is 0 Å². The van der Waals surface area contributed by atoms with Crippen molar-refractivity contribution in [2.75, 3.05) is 0 Å². The van der Waals surface area contributed by atoms with E-state index in [4.69, 9.17) is 4.74 Å². The molecule has 0 radical (unpaired) electrons. The molecule has 6 aliphatic rings. The van der Waals surface area contributed by atoms with Gasteiger partial charge >= 0.3 is 0 Å². The van der Waals surface area contributed by atoms with Crippen LogP contribution in [0, 0.1) is 44.8 Å². The van der Waals surface area contributed by atoms with Crippen molar-refractivity contribution in [1.29, 1.82) is 0 Å². The highest BCUT2D eigenvalue weighted by atomic mass is 16.5. The van der Waals surface area contributed by atoms with Crippen molar-refractivity contribution >= 4 is 0 Å². The van der Waals surface area contributed by atoms with E-state index in [1.165, 1.54) is 6.42 Å². The predicted molar refractivity (Wildman–Crippen MR) is 134 cm³/mol. The summed E-state index contributed by atoms with van der Waals surface area (Å²) < 4.78 is 6.72. The van der Waals surface area contributed by atoms with Crippen molar-refractivity contribution in [2.45, 2.75) is 142 Å². The summed E-state index contributed by atoms with van der Waals surface area (Å²) in [6, 6.07) is 0. The molecule has 0 aromatic rings. The van der Waals surface area contributed by atoms with Gasteiger partial charge in [-0.05, 0) is 117 Å². The molecule has 0 amide bonds. The Morgan fingerprint density at radius 3 is 1.97 bits per heavy atom. The largest absolute Gasteiger partial charge is 0.393 e. The van der Waals surface area contributed by atoms with Gasteiger partial charge in [0.2, 0.25) is 0 Å². The quantitative estimate of drug-likeness (QED) is 0.436. The summed E-state index contributed by atoms with van der Waals surface area (Å²) in [5.74, 6) is 0.557. The van der Waals surface area contributed by atoms with Crippen molar-refractivity contribution in [1.82, 2.24) is 0 Å². The summed E-state index contributed by atoms with van der Waals surface area (Å²) >= 11 is 0. The Morgan fingerprint density at radius 1 is 0.657 bits per heavy atom. The van der Waals surface area contributed by atoms with Gasteiger partial charge in [-0.2, -0.15) is 0 Å². The van der Waals surface area contributed by atoms with Gasteiger partial charge in [-0.3, -0.25) is 0 Å². The predicted octanol–water partition coefficient (Wildman–Crippen LogP) is 4.44. The van der Waals surface area contributed by atoms with E-state index in [1.54, 1.807) is 0 Å². The number of aliphatic hydroxyl groups is 4. The second-order valence-corrected chi connectivity index (χ2v) is 15.9. The third kappa shape index (κ3) is 2.73. The minimum absolute atomic E-state index is 0.0123. The Bertz CT molecular complexity index is 916. The molecule has 5 nitrogen and oxygen atoms in total. The van der Waals surface area contributed by atoms with E-state index >= 15 is 0 Å². The zero-order valence-corrected chi connectivity index (χ0v) is 23.1. The number of aliphatic hydroxyl groups excluding tert-OH is 4. The van der Waals surface area contributed by atoms with Crippen molar-refractivity contribution < 1.29 is 25.2 Å². The van der Waals surface area contributed by atoms with Crippen LogP contribution in [0.3, 0.4) is 0 Å². The fourth-order valence-electron chi connectivity index (χ4n) is 12.3. The Kier molecular flexibility index (Phi) is 4.92. The lowest BCUT2D eigenvalue weighted by Gasteiger charge is -2.65. The lowest BCUT2D eigenvalue weighted by Crippen LogP contribution is -2.63. The molecule has 5 saturated carbocycles. The molecular formula is C30H50O5. The van der Waals surface area contributed by atoms with E-state index in [1.807, 2.05) is 13.8 Å². The van der Waals surface area contributed by atoms with Crippen LogP contribution in [0.5, 0.6) is 0 Å². The topological polar surface area (TPSA) is 90.2 Å². The van der Waals surface area contributed by atoms with Crippen LogP contribution < -0.4 is 0 Å². The molecule has 0 bridgehead atoms. The molecule has 1 heterocycles. The van der Waals surface area contributed by atoms with Crippen LogP contribution in [-0.4, -0.2) is 56.0 Å².